The van der Waals surface area contributed by atoms with Crippen molar-refractivity contribution in [2.75, 3.05) is 60.9 Å². The highest BCUT2D eigenvalue weighted by Crippen LogP contribution is 2.47. The molecule has 4 fully saturated rings. The molecule has 0 radical (unpaired) electrons. The summed E-state index contributed by atoms with van der Waals surface area (Å²) >= 11 is 1.59. The molecule has 3 amide bonds. The summed E-state index contributed by atoms with van der Waals surface area (Å²) in [6.45, 7) is 10.8. The number of piperazine rings is 1. The zero-order valence-electron chi connectivity index (χ0n) is 31.2. The van der Waals surface area contributed by atoms with Crippen LogP contribution in [0, 0.1) is 11.3 Å². The van der Waals surface area contributed by atoms with E-state index in [1.807, 2.05) is 44.3 Å². The van der Waals surface area contributed by atoms with Gasteiger partial charge in [0.1, 0.15) is 17.3 Å². The number of imide groups is 1. The highest BCUT2D eigenvalue weighted by Gasteiger charge is 2.46. The first-order chi connectivity index (χ1) is 26.0. The number of aryl methyl sites for hydroxylation is 1. The van der Waals surface area contributed by atoms with E-state index in [4.69, 9.17) is 14.7 Å². The van der Waals surface area contributed by atoms with E-state index in [1.54, 1.807) is 36.7 Å². The molecule has 3 aromatic heterocycles. The number of benzene rings is 1. The minimum Gasteiger partial charge on any atom is -0.490 e. The van der Waals surface area contributed by atoms with Crippen LogP contribution in [0.3, 0.4) is 0 Å². The van der Waals surface area contributed by atoms with Gasteiger partial charge in [0.15, 0.2) is 5.13 Å². The molecular weight excluding hydrogens is 705 g/mol. The zero-order valence-corrected chi connectivity index (χ0v) is 32.0. The van der Waals surface area contributed by atoms with Crippen molar-refractivity contribution in [2.45, 2.75) is 64.4 Å². The fourth-order valence-electron chi connectivity index (χ4n) is 8.49. The molecule has 284 valence electrons. The fourth-order valence-corrected chi connectivity index (χ4v) is 9.53. The first kappa shape index (κ1) is 36.2. The van der Waals surface area contributed by atoms with Crippen LogP contribution in [0.25, 0.3) is 10.2 Å². The molecule has 4 aromatic rings. The number of pyridine rings is 2. The smallest absolute Gasteiger partial charge is 0.274 e. The number of carbonyl (C=O) groups excluding carboxylic acids is 3. The molecule has 6 heterocycles. The van der Waals surface area contributed by atoms with E-state index >= 15 is 0 Å². The molecule has 1 aromatic carbocycles. The van der Waals surface area contributed by atoms with Crippen molar-refractivity contribution >= 4 is 55.9 Å². The van der Waals surface area contributed by atoms with Crippen LogP contribution >= 0.6 is 11.3 Å². The van der Waals surface area contributed by atoms with E-state index in [-0.39, 0.29) is 35.1 Å². The third kappa shape index (κ3) is 7.45. The summed E-state index contributed by atoms with van der Waals surface area (Å²) in [5.74, 6) is 1.02. The van der Waals surface area contributed by atoms with Crippen molar-refractivity contribution < 1.29 is 19.1 Å². The Morgan fingerprint density at radius 3 is 2.52 bits per heavy atom. The van der Waals surface area contributed by atoms with Crippen molar-refractivity contribution in [1.82, 2.24) is 24.8 Å². The highest BCUT2D eigenvalue weighted by molar-refractivity contribution is 7.22. The van der Waals surface area contributed by atoms with Crippen LogP contribution in [0.1, 0.15) is 74.2 Å². The first-order valence-corrected chi connectivity index (χ1v) is 19.9. The Labute approximate surface area is 318 Å². The van der Waals surface area contributed by atoms with Gasteiger partial charge in [0.05, 0.1) is 27.8 Å². The predicted octanol–water partition coefficient (Wildman–Crippen LogP) is 4.77. The van der Waals surface area contributed by atoms with E-state index in [1.165, 1.54) is 30.3 Å². The molecule has 54 heavy (non-hydrogen) atoms. The van der Waals surface area contributed by atoms with Gasteiger partial charge >= 0.3 is 0 Å². The molecule has 1 spiro atoms. The van der Waals surface area contributed by atoms with Crippen LogP contribution in [0.5, 0.6) is 5.75 Å². The molecule has 1 unspecified atom stereocenters. The lowest BCUT2D eigenvalue weighted by atomic mass is 9.66. The number of carbonyl (C=O) groups is 3. The van der Waals surface area contributed by atoms with Gasteiger partial charge in [-0.2, -0.15) is 0 Å². The summed E-state index contributed by atoms with van der Waals surface area (Å²) in [5, 5.41) is 6.17. The molecule has 3 aliphatic heterocycles. The van der Waals surface area contributed by atoms with E-state index in [0.29, 0.717) is 35.5 Å². The Bertz CT molecular complexity index is 2110. The van der Waals surface area contributed by atoms with Crippen LogP contribution < -0.4 is 30.7 Å². The highest BCUT2D eigenvalue weighted by atomic mass is 32.1. The van der Waals surface area contributed by atoms with Crippen LogP contribution in [0.4, 0.5) is 16.6 Å². The number of nitrogens with zero attached hydrogens (tertiary/aromatic N) is 6. The van der Waals surface area contributed by atoms with Crippen molar-refractivity contribution in [1.29, 1.82) is 0 Å². The van der Waals surface area contributed by atoms with Crippen LogP contribution in [0.15, 0.2) is 53.6 Å². The number of fused-ring (bicyclic) bond motifs is 1. The Kier molecular flexibility index (Phi) is 9.90. The second-order valence-corrected chi connectivity index (χ2v) is 16.8. The summed E-state index contributed by atoms with van der Waals surface area (Å²) in [5.41, 5.74) is 2.37. The number of rotatable bonds is 9. The minimum absolute atomic E-state index is 0.140. The predicted molar refractivity (Wildman–Crippen MR) is 210 cm³/mol. The standard InChI is InChI=1S/C40H48N8O5S/c1-25(2)53-32-20-31-33(19-29(32)37(51)42-30-5-4-14-45(3)38(30)52)54-39(43-31)47-17-15-46(16-18-47)22-26-10-12-40(13-11-26)23-48(24-40)34-8-6-27(21-41-34)28-7-9-35(49)44-36(28)50/h4-6,8,14,19-21,25-26,28H,7,9-13,15-18,22-24H2,1-3H3,(H,42,51)(H,44,49,50). The maximum absolute atomic E-state index is 13.4. The number of ether oxygens (including phenoxy) is 1. The molecule has 13 nitrogen and oxygen atoms in total. The number of piperidine rings is 1. The number of hydrogen-bond donors (Lipinski definition) is 2. The van der Waals surface area contributed by atoms with Crippen molar-refractivity contribution in [3.05, 3.63) is 70.3 Å². The van der Waals surface area contributed by atoms with Crippen molar-refractivity contribution in [3.63, 3.8) is 0 Å². The summed E-state index contributed by atoms with van der Waals surface area (Å²) in [6, 6.07) is 11.0. The normalized spacial score (nSPS) is 20.7. The quantitative estimate of drug-likeness (QED) is 0.230. The lowest BCUT2D eigenvalue weighted by molar-refractivity contribution is -0.134. The molecule has 1 aliphatic carbocycles. The van der Waals surface area contributed by atoms with Crippen LogP contribution in [-0.2, 0) is 16.6 Å². The topological polar surface area (TPSA) is 142 Å². The molecule has 0 bridgehead atoms. The van der Waals surface area contributed by atoms with Gasteiger partial charge in [0, 0.05) is 83.2 Å². The zero-order chi connectivity index (χ0) is 37.6. The second-order valence-electron chi connectivity index (χ2n) is 15.8. The van der Waals surface area contributed by atoms with Crippen molar-refractivity contribution in [2.24, 2.45) is 18.4 Å². The molecular formula is C40H48N8O5S. The molecule has 3 saturated heterocycles. The lowest BCUT2D eigenvalue weighted by Gasteiger charge is -2.54. The summed E-state index contributed by atoms with van der Waals surface area (Å²) in [7, 11) is 1.65. The number of amides is 3. The molecule has 1 atom stereocenters. The maximum atomic E-state index is 13.4. The Morgan fingerprint density at radius 2 is 1.81 bits per heavy atom. The molecule has 1 saturated carbocycles. The Hall–Kier alpha value is -4.82. The lowest BCUT2D eigenvalue weighted by Crippen LogP contribution is -2.58. The van der Waals surface area contributed by atoms with Gasteiger partial charge in [-0.1, -0.05) is 17.4 Å². The number of anilines is 3. The number of aromatic nitrogens is 3. The van der Waals surface area contributed by atoms with Gasteiger partial charge in [-0.15, -0.1) is 0 Å². The number of hydrogen-bond acceptors (Lipinski definition) is 11. The summed E-state index contributed by atoms with van der Waals surface area (Å²) < 4.78 is 8.40. The van der Waals surface area contributed by atoms with E-state index in [9.17, 15) is 19.2 Å². The van der Waals surface area contributed by atoms with Gasteiger partial charge in [-0.25, -0.2) is 9.97 Å². The van der Waals surface area contributed by atoms with Gasteiger partial charge in [-0.3, -0.25) is 29.4 Å². The number of nitrogens with one attached hydrogen (secondary N) is 2. The molecule has 8 rings (SSSR count). The maximum Gasteiger partial charge on any atom is 0.274 e. The summed E-state index contributed by atoms with van der Waals surface area (Å²) in [6.07, 6.45) is 9.24. The fraction of sp³-hybridized carbons (Fsp3) is 0.500. The van der Waals surface area contributed by atoms with Gasteiger partial charge in [0.2, 0.25) is 11.8 Å². The Balaban J connectivity index is 0.826. The largest absolute Gasteiger partial charge is 0.490 e. The molecule has 2 N–H and O–H groups in total. The average Bonchev–Trinajstić information content (AvgIpc) is 3.56. The minimum atomic E-state index is -0.391. The SMILES string of the molecule is CC(C)Oc1cc2nc(N3CCN(CC4CCC5(CC4)CN(c4ccc(C6CCC(=O)NC6=O)cn4)C5)CC3)sc2cc1C(=O)Nc1cccn(C)c1=O. The van der Waals surface area contributed by atoms with E-state index in [0.717, 1.165) is 72.5 Å². The third-order valence-electron chi connectivity index (χ3n) is 11.6. The first-order valence-electron chi connectivity index (χ1n) is 19.1. The van der Waals surface area contributed by atoms with Gasteiger partial charge in [0.25, 0.3) is 11.5 Å². The number of thiazole rings is 1. The summed E-state index contributed by atoms with van der Waals surface area (Å²) in [4.78, 5) is 66.8. The third-order valence-corrected chi connectivity index (χ3v) is 12.7. The van der Waals surface area contributed by atoms with E-state index in [2.05, 4.69) is 25.3 Å². The average molecular weight is 753 g/mol. The monoisotopic (exact) mass is 752 g/mol. The van der Waals surface area contributed by atoms with Gasteiger partial charge in [-0.05, 0) is 81.7 Å². The van der Waals surface area contributed by atoms with Crippen LogP contribution in [0.2, 0.25) is 0 Å². The van der Waals surface area contributed by atoms with Gasteiger partial charge < -0.3 is 24.4 Å². The van der Waals surface area contributed by atoms with Crippen molar-refractivity contribution in [3.8, 4) is 5.75 Å². The molecule has 14 heteroatoms. The molecule has 4 aliphatic rings. The van der Waals surface area contributed by atoms with Crippen LogP contribution in [-0.4, -0.2) is 89.1 Å². The Morgan fingerprint density at radius 1 is 1.04 bits per heavy atom. The van der Waals surface area contributed by atoms with E-state index < -0.39 is 5.91 Å². The second kappa shape index (κ2) is 14.8.